The zero-order chi connectivity index (χ0) is 18.0. The monoisotopic (exact) mass is 335 g/mol. The molecule has 1 atom stereocenters. The van der Waals surface area contributed by atoms with Crippen molar-refractivity contribution in [1.29, 1.82) is 5.26 Å². The van der Waals surface area contributed by atoms with Gasteiger partial charge in [0.1, 0.15) is 18.2 Å². The van der Waals surface area contributed by atoms with Gasteiger partial charge in [-0.05, 0) is 49.8 Å². The molecule has 0 aliphatic heterocycles. The number of aryl methyl sites for hydroxylation is 2. The highest BCUT2D eigenvalue weighted by Gasteiger charge is 2.33. The number of nitriles is 1. The molecular weight excluding hydrogens is 314 g/mol. The number of benzene rings is 1. The number of carbonyl (C=O) groups is 1. The number of nitrogens with one attached hydrogen (secondary N) is 1. The van der Waals surface area contributed by atoms with Crippen LogP contribution in [0.2, 0.25) is 0 Å². The van der Waals surface area contributed by atoms with E-state index in [4.69, 9.17) is 5.26 Å². The molecule has 1 aromatic heterocycles. The van der Waals surface area contributed by atoms with Crippen molar-refractivity contribution >= 4 is 5.91 Å². The number of pyridine rings is 1. The van der Waals surface area contributed by atoms with Crippen molar-refractivity contribution in [3.05, 3.63) is 69.1 Å². The van der Waals surface area contributed by atoms with Crippen LogP contribution in [-0.2, 0) is 11.3 Å². The Morgan fingerprint density at radius 1 is 1.28 bits per heavy atom. The maximum atomic E-state index is 12.5. The van der Waals surface area contributed by atoms with Crippen molar-refractivity contribution in [3.8, 4) is 6.07 Å². The molecular formula is C20H21N3O2. The maximum absolute atomic E-state index is 12.5. The van der Waals surface area contributed by atoms with E-state index in [0.717, 1.165) is 18.4 Å². The minimum atomic E-state index is -0.420. The van der Waals surface area contributed by atoms with Crippen molar-refractivity contribution in [2.24, 2.45) is 5.92 Å². The molecule has 128 valence electrons. The van der Waals surface area contributed by atoms with E-state index in [0.29, 0.717) is 11.5 Å². The van der Waals surface area contributed by atoms with Crippen LogP contribution < -0.4 is 10.9 Å². The van der Waals surface area contributed by atoms with Gasteiger partial charge in [-0.2, -0.15) is 5.26 Å². The normalized spacial score (nSPS) is 14.6. The Labute approximate surface area is 146 Å². The quantitative estimate of drug-likeness (QED) is 0.912. The highest BCUT2D eigenvalue weighted by atomic mass is 16.2. The fourth-order valence-corrected chi connectivity index (χ4v) is 2.98. The summed E-state index contributed by atoms with van der Waals surface area (Å²) in [4.78, 5) is 24.7. The van der Waals surface area contributed by atoms with Gasteiger partial charge in [-0.15, -0.1) is 0 Å². The summed E-state index contributed by atoms with van der Waals surface area (Å²) in [6.45, 7) is 3.67. The first-order valence-corrected chi connectivity index (χ1v) is 8.45. The summed E-state index contributed by atoms with van der Waals surface area (Å²) >= 11 is 0. The van der Waals surface area contributed by atoms with Gasteiger partial charge in [0, 0.05) is 6.20 Å². The molecule has 5 nitrogen and oxygen atoms in total. The summed E-state index contributed by atoms with van der Waals surface area (Å²) in [5.74, 6) is 0.239. The number of aromatic nitrogens is 1. The molecule has 1 amide bonds. The Hall–Kier alpha value is -2.87. The van der Waals surface area contributed by atoms with E-state index in [9.17, 15) is 9.59 Å². The summed E-state index contributed by atoms with van der Waals surface area (Å²) in [6, 6.07) is 11.8. The molecule has 25 heavy (non-hydrogen) atoms. The second kappa shape index (κ2) is 6.94. The van der Waals surface area contributed by atoms with Gasteiger partial charge in [0.25, 0.3) is 5.56 Å². The lowest BCUT2D eigenvalue weighted by Crippen LogP contribution is -2.36. The van der Waals surface area contributed by atoms with E-state index in [2.05, 4.69) is 5.32 Å². The molecule has 3 rings (SSSR count). The largest absolute Gasteiger partial charge is 0.347 e. The lowest BCUT2D eigenvalue weighted by Gasteiger charge is -2.19. The van der Waals surface area contributed by atoms with Gasteiger partial charge in [0.15, 0.2) is 0 Å². The van der Waals surface area contributed by atoms with Gasteiger partial charge >= 0.3 is 0 Å². The lowest BCUT2D eigenvalue weighted by molar-refractivity contribution is -0.122. The molecule has 0 radical (unpaired) electrons. The molecule has 5 heteroatoms. The summed E-state index contributed by atoms with van der Waals surface area (Å²) in [5, 5.41) is 12.2. The minimum absolute atomic E-state index is 0.0234. The topological polar surface area (TPSA) is 74.9 Å². The number of carbonyl (C=O) groups excluding carboxylic acids is 1. The predicted molar refractivity (Wildman–Crippen MR) is 94.9 cm³/mol. The highest BCUT2D eigenvalue weighted by molar-refractivity contribution is 5.76. The molecule has 1 unspecified atom stereocenters. The third-order valence-corrected chi connectivity index (χ3v) is 4.65. The number of nitrogens with zero attached hydrogens (tertiary/aromatic N) is 2. The fraction of sp³-hybridized carbons (Fsp3) is 0.350. The van der Waals surface area contributed by atoms with Gasteiger partial charge in [-0.1, -0.05) is 29.8 Å². The number of rotatable bonds is 5. The molecule has 0 bridgehead atoms. The molecule has 1 aliphatic carbocycles. The average Bonchev–Trinajstić information content (AvgIpc) is 3.42. The van der Waals surface area contributed by atoms with Crippen molar-refractivity contribution in [2.45, 2.75) is 39.3 Å². The number of hydrogen-bond donors (Lipinski definition) is 1. The van der Waals surface area contributed by atoms with E-state index < -0.39 is 5.56 Å². The molecule has 1 N–H and O–H groups in total. The van der Waals surface area contributed by atoms with Gasteiger partial charge < -0.3 is 9.88 Å². The summed E-state index contributed by atoms with van der Waals surface area (Å²) in [5.41, 5.74) is 2.57. The van der Waals surface area contributed by atoms with Crippen molar-refractivity contribution in [2.75, 3.05) is 0 Å². The Morgan fingerprint density at radius 3 is 2.56 bits per heavy atom. The fourth-order valence-electron chi connectivity index (χ4n) is 2.98. The number of amides is 1. The van der Waals surface area contributed by atoms with Gasteiger partial charge in [0.2, 0.25) is 5.91 Å². The van der Waals surface area contributed by atoms with Crippen LogP contribution in [-0.4, -0.2) is 10.5 Å². The Balaban J connectivity index is 1.76. The van der Waals surface area contributed by atoms with Crippen LogP contribution in [0, 0.1) is 31.1 Å². The smallest absolute Gasteiger partial charge is 0.269 e. The molecule has 1 aliphatic rings. The van der Waals surface area contributed by atoms with Crippen LogP contribution in [0.15, 0.2) is 41.3 Å². The third-order valence-electron chi connectivity index (χ3n) is 4.65. The summed E-state index contributed by atoms with van der Waals surface area (Å²) in [6.07, 6.45) is 3.76. The SMILES string of the molecule is Cc1ccc(C(NC(=O)Cn2ccc(C)c(C#N)c2=O)C2CC2)cc1. The van der Waals surface area contributed by atoms with Crippen LogP contribution in [0.1, 0.15) is 41.1 Å². The van der Waals surface area contributed by atoms with Gasteiger partial charge in [0.05, 0.1) is 6.04 Å². The molecule has 2 aromatic rings. The third kappa shape index (κ3) is 3.80. The van der Waals surface area contributed by atoms with Crippen LogP contribution in [0.4, 0.5) is 0 Å². The first kappa shape index (κ1) is 17.0. The molecule has 1 saturated carbocycles. The Bertz CT molecular complexity index is 887. The molecule has 0 saturated heterocycles. The van der Waals surface area contributed by atoms with Crippen LogP contribution in [0.25, 0.3) is 0 Å². The second-order valence-corrected chi connectivity index (χ2v) is 6.71. The van der Waals surface area contributed by atoms with E-state index in [-0.39, 0.29) is 24.1 Å². The average molecular weight is 335 g/mol. The van der Waals surface area contributed by atoms with Gasteiger partial charge in [-0.25, -0.2) is 0 Å². The van der Waals surface area contributed by atoms with E-state index >= 15 is 0 Å². The van der Waals surface area contributed by atoms with Crippen molar-refractivity contribution in [1.82, 2.24) is 9.88 Å². The highest BCUT2D eigenvalue weighted by Crippen LogP contribution is 2.41. The van der Waals surface area contributed by atoms with Gasteiger partial charge in [-0.3, -0.25) is 9.59 Å². The standard InChI is InChI=1S/C20H21N3O2/c1-13-3-5-15(6-4-13)19(16-7-8-16)22-18(24)12-23-10-9-14(2)17(11-21)20(23)25/h3-6,9-10,16,19H,7-8,12H2,1-2H3,(H,22,24). The maximum Gasteiger partial charge on any atom is 0.269 e. The van der Waals surface area contributed by atoms with Crippen LogP contribution in [0.3, 0.4) is 0 Å². The first-order valence-electron chi connectivity index (χ1n) is 8.45. The summed E-state index contributed by atoms with van der Waals surface area (Å²) in [7, 11) is 0. The molecule has 1 heterocycles. The van der Waals surface area contributed by atoms with Crippen molar-refractivity contribution in [3.63, 3.8) is 0 Å². The molecule has 0 spiro atoms. The number of hydrogen-bond acceptors (Lipinski definition) is 3. The zero-order valence-corrected chi connectivity index (χ0v) is 14.5. The zero-order valence-electron chi connectivity index (χ0n) is 14.5. The molecule has 1 fully saturated rings. The van der Waals surface area contributed by atoms with E-state index in [1.54, 1.807) is 19.2 Å². The minimum Gasteiger partial charge on any atom is -0.347 e. The Morgan fingerprint density at radius 2 is 1.96 bits per heavy atom. The second-order valence-electron chi connectivity index (χ2n) is 6.71. The first-order chi connectivity index (χ1) is 12.0. The molecule has 1 aromatic carbocycles. The van der Waals surface area contributed by atoms with Crippen LogP contribution in [0.5, 0.6) is 0 Å². The van der Waals surface area contributed by atoms with E-state index in [1.807, 2.05) is 37.3 Å². The Kier molecular flexibility index (Phi) is 4.71. The lowest BCUT2D eigenvalue weighted by atomic mass is 10.0. The predicted octanol–water partition coefficient (Wildman–Crippen LogP) is 2.60. The van der Waals surface area contributed by atoms with E-state index in [1.165, 1.54) is 10.1 Å². The van der Waals surface area contributed by atoms with Crippen molar-refractivity contribution < 1.29 is 4.79 Å². The van der Waals surface area contributed by atoms with Crippen LogP contribution >= 0.6 is 0 Å². The summed E-state index contributed by atoms with van der Waals surface area (Å²) < 4.78 is 1.29.